The number of amides is 8. The normalized spacial score (nSPS) is 13.3. The maximum absolute atomic E-state index is 13.9. The number of benzene rings is 1. The molecule has 0 heterocycles. The molecule has 0 spiro atoms. The summed E-state index contributed by atoms with van der Waals surface area (Å²) in [5, 5.41) is 48.5. The Morgan fingerprint density at radius 1 is 0.469 bits per heavy atom. The molecule has 0 saturated heterocycles. The van der Waals surface area contributed by atoms with E-state index in [1.165, 1.54) is 24.3 Å². The number of hydrogen-bond donors (Lipinski definition) is 20. The molecule has 29 N–H and O–H groups in total. The Labute approximate surface area is 466 Å². The first-order valence-electron chi connectivity index (χ1n) is 25.6. The zero-order valence-electron chi connectivity index (χ0n) is 45.4. The van der Waals surface area contributed by atoms with E-state index in [1.807, 2.05) is 0 Å². The quantitative estimate of drug-likeness (QED) is 0.0165. The number of hydrogen-bond acceptors (Lipinski definition) is 16. The van der Waals surface area contributed by atoms with Crippen LogP contribution in [0.3, 0.4) is 0 Å². The van der Waals surface area contributed by atoms with E-state index in [4.69, 9.17) is 51.6 Å². The van der Waals surface area contributed by atoms with Gasteiger partial charge in [0.1, 0.15) is 42.0 Å². The number of nitrogens with two attached hydrogens (primary N) is 9. The molecule has 0 unspecified atom stereocenters. The SMILES string of the molecule is CC(C)C[C@H](NC(=O)[C@H](CC(=O)O)NC(=O)CNC(=O)[C@H](CCCN=C(N)N)NC(=O)[C@H](Cc1ccc(O)cc1)NC(=O)[C@@H](N)CCCN=C(N)N)C(=O)NCC(=O)N[C@@H](CCCN=C(N)N)C(=O)N[C@@H](CCCN=C(N)N)C(=O)O. The van der Waals surface area contributed by atoms with Crippen LogP contribution in [0.2, 0.25) is 0 Å². The molecule has 0 aliphatic heterocycles. The second kappa shape index (κ2) is 37.6. The Bertz CT molecular complexity index is 2390. The van der Waals surface area contributed by atoms with Crippen molar-refractivity contribution in [2.75, 3.05) is 39.3 Å². The topological polar surface area (TPSA) is 611 Å². The van der Waals surface area contributed by atoms with Gasteiger partial charge in [-0.2, -0.15) is 0 Å². The van der Waals surface area contributed by atoms with Crippen LogP contribution in [0.5, 0.6) is 5.75 Å². The zero-order valence-corrected chi connectivity index (χ0v) is 45.4. The van der Waals surface area contributed by atoms with Crippen LogP contribution in [-0.2, 0) is 54.4 Å². The Balaban J connectivity index is 3.25. The number of carbonyl (C=O) groups excluding carboxylic acids is 8. The number of aliphatic carboxylic acids is 2. The van der Waals surface area contributed by atoms with Gasteiger partial charge in [-0.25, -0.2) is 4.79 Å². The molecule has 0 aliphatic carbocycles. The first-order valence-corrected chi connectivity index (χ1v) is 25.6. The molecule has 8 amide bonds. The number of carboxylic acid groups (broad SMARTS) is 2. The molecule has 0 saturated carbocycles. The third-order valence-electron chi connectivity index (χ3n) is 11.3. The van der Waals surface area contributed by atoms with Gasteiger partial charge in [0, 0.05) is 32.6 Å². The number of phenols is 1. The minimum Gasteiger partial charge on any atom is -0.508 e. The van der Waals surface area contributed by atoms with Crippen molar-refractivity contribution in [3.05, 3.63) is 29.8 Å². The fourth-order valence-electron chi connectivity index (χ4n) is 7.29. The van der Waals surface area contributed by atoms with Crippen molar-refractivity contribution < 1.29 is 63.3 Å². The lowest BCUT2D eigenvalue weighted by Gasteiger charge is -2.25. The number of rotatable bonds is 39. The van der Waals surface area contributed by atoms with Crippen LogP contribution in [0, 0.1) is 5.92 Å². The van der Waals surface area contributed by atoms with E-state index in [9.17, 15) is 63.3 Å². The predicted octanol–water partition coefficient (Wildman–Crippen LogP) is -7.78. The largest absolute Gasteiger partial charge is 0.508 e. The standard InChI is InChI=1S/C47H81N21O13/c1-24(2)19-31(39(76)62-22-34(70)63-29(9-5-17-59-46(53)54)40(77)66-30(43(80)81)10-6-18-60-47(55)56)68-42(79)33(21-36(72)73)64-35(71)23-61-38(75)28(8-4-16-58-45(51)52)65-41(78)32(20-25-11-13-26(69)14-12-25)67-37(74)27(48)7-3-15-57-44(49)50/h11-14,24,27-33,69H,3-10,15-23,48H2,1-2H3,(H,61,75)(H,62,76)(H,63,70)(H,64,71)(H,65,78)(H,66,77)(H,67,74)(H,68,79)(H,72,73)(H,80,81)(H4,49,50,57)(H4,51,52,58)(H4,53,54,59)(H4,55,56,60)/t27-,28-,29-,30-,31-,32-,33-/m0/s1. The highest BCUT2D eigenvalue weighted by molar-refractivity contribution is 5.98. The van der Waals surface area contributed by atoms with E-state index in [0.29, 0.717) is 12.0 Å². The number of aromatic hydroxyl groups is 1. The molecule has 34 nitrogen and oxygen atoms in total. The van der Waals surface area contributed by atoms with Gasteiger partial charge in [-0.1, -0.05) is 26.0 Å². The lowest BCUT2D eigenvalue weighted by atomic mass is 10.0. The number of carbonyl (C=O) groups is 10. The second-order valence-corrected chi connectivity index (χ2v) is 18.8. The summed E-state index contributed by atoms with van der Waals surface area (Å²) in [4.78, 5) is 147. The van der Waals surface area contributed by atoms with Gasteiger partial charge in [-0.05, 0) is 81.4 Å². The number of nitrogens with one attached hydrogen (secondary N) is 8. The second-order valence-electron chi connectivity index (χ2n) is 18.8. The molecule has 1 aromatic rings. The van der Waals surface area contributed by atoms with Gasteiger partial charge >= 0.3 is 11.9 Å². The summed E-state index contributed by atoms with van der Waals surface area (Å²) in [6, 6.07) is -4.16. The monoisotopic (exact) mass is 1150 g/mol. The molecule has 34 heteroatoms. The third-order valence-corrected chi connectivity index (χ3v) is 11.3. The van der Waals surface area contributed by atoms with Crippen LogP contribution in [0.4, 0.5) is 0 Å². The van der Waals surface area contributed by atoms with E-state index < -0.39 is 121 Å². The van der Waals surface area contributed by atoms with E-state index >= 15 is 0 Å². The lowest BCUT2D eigenvalue weighted by molar-refractivity contribution is -0.142. The summed E-state index contributed by atoms with van der Waals surface area (Å²) in [6.45, 7) is 2.03. The molecule has 1 rings (SSSR count). The summed E-state index contributed by atoms with van der Waals surface area (Å²) in [6.07, 6.45) is -0.642. The van der Waals surface area contributed by atoms with Crippen molar-refractivity contribution in [2.24, 2.45) is 77.5 Å². The molecule has 1 aromatic carbocycles. The molecule has 0 radical (unpaired) electrons. The molecule has 452 valence electrons. The number of aliphatic imine (C=N–C) groups is 4. The van der Waals surface area contributed by atoms with Gasteiger partial charge in [-0.15, -0.1) is 0 Å². The fraction of sp³-hybridized carbons (Fsp3) is 0.574. The fourth-order valence-corrected chi connectivity index (χ4v) is 7.29. The Morgan fingerprint density at radius 2 is 0.840 bits per heavy atom. The molecule has 0 fully saturated rings. The molecule has 81 heavy (non-hydrogen) atoms. The lowest BCUT2D eigenvalue weighted by Crippen LogP contribution is -2.58. The van der Waals surface area contributed by atoms with Crippen LogP contribution in [0.15, 0.2) is 44.2 Å². The van der Waals surface area contributed by atoms with Crippen molar-refractivity contribution >= 4 is 83.0 Å². The molecule has 0 bridgehead atoms. The van der Waals surface area contributed by atoms with Crippen LogP contribution in [-0.4, -0.2) is 180 Å². The summed E-state index contributed by atoms with van der Waals surface area (Å²) in [7, 11) is 0. The zero-order chi connectivity index (χ0) is 61.2. The number of nitrogens with zero attached hydrogens (tertiary/aromatic N) is 4. The van der Waals surface area contributed by atoms with Gasteiger partial charge in [0.15, 0.2) is 23.8 Å². The maximum Gasteiger partial charge on any atom is 0.326 e. The van der Waals surface area contributed by atoms with E-state index in [2.05, 4.69) is 62.5 Å². The van der Waals surface area contributed by atoms with E-state index in [0.717, 1.165) is 0 Å². The van der Waals surface area contributed by atoms with Crippen LogP contribution < -0.4 is 94.1 Å². The van der Waals surface area contributed by atoms with Crippen molar-refractivity contribution in [3.8, 4) is 5.75 Å². The number of phenolic OH excluding ortho intramolecular Hbond substituents is 1. The minimum atomic E-state index is -1.84. The molecular weight excluding hydrogens is 1070 g/mol. The summed E-state index contributed by atoms with van der Waals surface area (Å²) in [5.41, 5.74) is 49.6. The number of guanidine groups is 4. The first-order chi connectivity index (χ1) is 38.1. The molecule has 0 aromatic heterocycles. The Kier molecular flexibility index (Phi) is 32.3. The average Bonchev–Trinajstić information content (AvgIpc) is 3.37. The molecule has 0 aliphatic rings. The van der Waals surface area contributed by atoms with Crippen molar-refractivity contribution in [3.63, 3.8) is 0 Å². The molecule has 7 atom stereocenters. The Hall–Kier alpha value is -9.24. The Morgan fingerprint density at radius 3 is 1.28 bits per heavy atom. The highest BCUT2D eigenvalue weighted by Crippen LogP contribution is 2.13. The van der Waals surface area contributed by atoms with Crippen molar-refractivity contribution in [1.29, 1.82) is 0 Å². The van der Waals surface area contributed by atoms with Crippen LogP contribution >= 0.6 is 0 Å². The maximum atomic E-state index is 13.9. The summed E-state index contributed by atoms with van der Waals surface area (Å²) >= 11 is 0. The van der Waals surface area contributed by atoms with Gasteiger partial charge in [0.25, 0.3) is 0 Å². The van der Waals surface area contributed by atoms with Gasteiger partial charge in [0.05, 0.1) is 25.6 Å². The van der Waals surface area contributed by atoms with Gasteiger partial charge in [0.2, 0.25) is 47.3 Å². The minimum absolute atomic E-state index is 0.00343. The van der Waals surface area contributed by atoms with Crippen molar-refractivity contribution in [1.82, 2.24) is 42.5 Å². The smallest absolute Gasteiger partial charge is 0.326 e. The summed E-state index contributed by atoms with van der Waals surface area (Å²) in [5.74, 6) is -11.7. The van der Waals surface area contributed by atoms with Crippen molar-refractivity contribution in [2.45, 2.75) is 127 Å². The summed E-state index contributed by atoms with van der Waals surface area (Å²) < 4.78 is 0. The van der Waals surface area contributed by atoms with Crippen LogP contribution in [0.1, 0.15) is 83.6 Å². The molecular formula is C47H81N21O13. The predicted molar refractivity (Wildman–Crippen MR) is 296 cm³/mol. The average molecular weight is 1150 g/mol. The van der Waals surface area contributed by atoms with Gasteiger partial charge in [-0.3, -0.25) is 63.1 Å². The third kappa shape index (κ3) is 31.7. The van der Waals surface area contributed by atoms with E-state index in [-0.39, 0.29) is 119 Å². The highest BCUT2D eigenvalue weighted by Gasteiger charge is 2.32. The van der Waals surface area contributed by atoms with Crippen LogP contribution in [0.25, 0.3) is 0 Å². The first kappa shape index (κ1) is 69.8. The number of carboxylic acids is 2. The van der Waals surface area contributed by atoms with Gasteiger partial charge < -0.3 is 109 Å². The van der Waals surface area contributed by atoms with E-state index in [1.54, 1.807) is 13.8 Å². The highest BCUT2D eigenvalue weighted by atomic mass is 16.4.